The summed E-state index contributed by atoms with van der Waals surface area (Å²) in [4.78, 5) is 15.3. The van der Waals surface area contributed by atoms with E-state index in [1.165, 1.54) is 19.2 Å². The van der Waals surface area contributed by atoms with Crippen LogP contribution in [0.15, 0.2) is 36.4 Å². The molecule has 0 aromatic heterocycles. The second-order valence-corrected chi connectivity index (χ2v) is 8.27. The Labute approximate surface area is 180 Å². The van der Waals surface area contributed by atoms with Crippen LogP contribution in [0.1, 0.15) is 28.8 Å². The van der Waals surface area contributed by atoms with Crippen LogP contribution in [-0.4, -0.2) is 49.3 Å². The molecule has 8 heteroatoms. The Morgan fingerprint density at radius 3 is 2.57 bits per heavy atom. The quantitative estimate of drug-likeness (QED) is 0.708. The predicted octanol–water partition coefficient (Wildman–Crippen LogP) is 3.23. The minimum Gasteiger partial charge on any atom is -0.496 e. The van der Waals surface area contributed by atoms with Gasteiger partial charge in [-0.05, 0) is 36.6 Å². The maximum atomic E-state index is 13.2. The van der Waals surface area contributed by atoms with Gasteiger partial charge in [-0.15, -0.1) is 0 Å². The van der Waals surface area contributed by atoms with Crippen molar-refractivity contribution < 1.29 is 18.7 Å². The zero-order chi connectivity index (χ0) is 21.3. The van der Waals surface area contributed by atoms with Crippen LogP contribution in [0.2, 0.25) is 5.02 Å². The summed E-state index contributed by atoms with van der Waals surface area (Å²) in [6.45, 7) is 1.96. The lowest BCUT2D eigenvalue weighted by Crippen LogP contribution is -2.60. The Kier molecular flexibility index (Phi) is 6.13. The number of hydrogen-bond donors (Lipinski definition) is 2. The van der Waals surface area contributed by atoms with Gasteiger partial charge in [-0.3, -0.25) is 9.69 Å². The van der Waals surface area contributed by atoms with E-state index >= 15 is 0 Å². The zero-order valence-corrected chi connectivity index (χ0v) is 17.5. The predicted molar refractivity (Wildman–Crippen MR) is 113 cm³/mol. The molecule has 2 atom stereocenters. The number of ether oxygens (including phenoxy) is 2. The number of rotatable bonds is 5. The van der Waals surface area contributed by atoms with Crippen LogP contribution in [0.4, 0.5) is 10.1 Å². The van der Waals surface area contributed by atoms with Crippen molar-refractivity contribution in [3.05, 3.63) is 58.4 Å². The molecule has 4 rings (SSSR count). The van der Waals surface area contributed by atoms with Crippen LogP contribution < -0.4 is 15.8 Å². The molecule has 2 aromatic rings. The molecule has 2 bridgehead atoms. The molecule has 6 nitrogen and oxygen atoms in total. The van der Waals surface area contributed by atoms with E-state index in [1.54, 1.807) is 12.1 Å². The first kappa shape index (κ1) is 20.9. The minimum atomic E-state index is -0.234. The topological polar surface area (TPSA) is 76.8 Å². The molecule has 1 amide bonds. The highest BCUT2D eigenvalue weighted by Gasteiger charge is 2.39. The molecule has 0 radical (unpaired) electrons. The Bertz CT molecular complexity index is 911. The molecular weight excluding hydrogens is 409 g/mol. The molecule has 0 aliphatic carbocycles. The van der Waals surface area contributed by atoms with E-state index in [2.05, 4.69) is 10.2 Å². The summed E-state index contributed by atoms with van der Waals surface area (Å²) in [6, 6.07) is 10.1. The van der Waals surface area contributed by atoms with Gasteiger partial charge in [0.2, 0.25) is 0 Å². The maximum absolute atomic E-state index is 13.2. The van der Waals surface area contributed by atoms with E-state index in [1.807, 2.05) is 12.1 Å². The third-order valence-electron chi connectivity index (χ3n) is 5.85. The van der Waals surface area contributed by atoms with Gasteiger partial charge >= 0.3 is 0 Å². The highest BCUT2D eigenvalue weighted by Crippen LogP contribution is 2.32. The monoisotopic (exact) mass is 433 g/mol. The van der Waals surface area contributed by atoms with Crippen LogP contribution >= 0.6 is 11.6 Å². The van der Waals surface area contributed by atoms with Crippen LogP contribution in [0, 0.1) is 5.82 Å². The van der Waals surface area contributed by atoms with Gasteiger partial charge in [-0.1, -0.05) is 23.7 Å². The van der Waals surface area contributed by atoms with Gasteiger partial charge in [0, 0.05) is 30.7 Å². The Morgan fingerprint density at radius 1 is 1.27 bits per heavy atom. The van der Waals surface area contributed by atoms with Crippen molar-refractivity contribution >= 4 is 23.2 Å². The number of nitrogen functional groups attached to an aromatic ring is 1. The largest absolute Gasteiger partial charge is 0.496 e. The Morgan fingerprint density at radius 2 is 1.93 bits per heavy atom. The van der Waals surface area contributed by atoms with Crippen LogP contribution in [0.5, 0.6) is 5.75 Å². The molecule has 2 aliphatic heterocycles. The molecule has 0 saturated carbocycles. The summed E-state index contributed by atoms with van der Waals surface area (Å²) in [5, 5.41) is 3.45. The molecule has 2 saturated heterocycles. The third-order valence-corrected chi connectivity index (χ3v) is 6.18. The highest BCUT2D eigenvalue weighted by atomic mass is 35.5. The molecule has 2 heterocycles. The van der Waals surface area contributed by atoms with Crippen LogP contribution in [-0.2, 0) is 11.3 Å². The number of nitrogens with zero attached hydrogens (tertiary/aromatic N) is 1. The normalized spacial score (nSPS) is 23.8. The number of hydrogen-bond acceptors (Lipinski definition) is 5. The van der Waals surface area contributed by atoms with Gasteiger partial charge in [-0.25, -0.2) is 4.39 Å². The number of methoxy groups -OCH3 is 1. The molecule has 2 fully saturated rings. The Hall–Kier alpha value is -2.35. The number of fused-ring (bicyclic) bond motifs is 2. The molecule has 160 valence electrons. The van der Waals surface area contributed by atoms with E-state index < -0.39 is 0 Å². The number of nitrogens with one attached hydrogen (secondary N) is 1. The van der Waals surface area contributed by atoms with Gasteiger partial charge in [0.15, 0.2) is 0 Å². The number of halogens is 2. The van der Waals surface area contributed by atoms with Crippen molar-refractivity contribution in [1.82, 2.24) is 10.2 Å². The van der Waals surface area contributed by atoms with Crippen molar-refractivity contribution in [3.63, 3.8) is 0 Å². The molecule has 0 spiro atoms. The number of amides is 1. The minimum absolute atomic E-state index is 0.0157. The van der Waals surface area contributed by atoms with Crippen molar-refractivity contribution in [2.45, 2.75) is 37.5 Å². The Balaban J connectivity index is 1.45. The van der Waals surface area contributed by atoms with Crippen LogP contribution in [0.25, 0.3) is 0 Å². The van der Waals surface area contributed by atoms with Gasteiger partial charge in [0.05, 0.1) is 36.6 Å². The van der Waals surface area contributed by atoms with Gasteiger partial charge in [0.25, 0.3) is 5.91 Å². The lowest BCUT2D eigenvalue weighted by atomic mass is 9.89. The zero-order valence-electron chi connectivity index (χ0n) is 16.7. The van der Waals surface area contributed by atoms with Crippen molar-refractivity contribution in [2.24, 2.45) is 0 Å². The average Bonchev–Trinajstić information content (AvgIpc) is 2.71. The van der Waals surface area contributed by atoms with Gasteiger partial charge in [-0.2, -0.15) is 0 Å². The van der Waals surface area contributed by atoms with Gasteiger partial charge < -0.3 is 20.5 Å². The van der Waals surface area contributed by atoms with E-state index in [0.29, 0.717) is 35.2 Å². The second kappa shape index (κ2) is 8.79. The molecule has 3 N–H and O–H groups in total. The summed E-state index contributed by atoms with van der Waals surface area (Å²) in [5.41, 5.74) is 7.62. The van der Waals surface area contributed by atoms with Crippen LogP contribution in [0.3, 0.4) is 0 Å². The standard InChI is InChI=1S/C22H25ClFN3O3/c1-29-21-9-20(25)19(23)8-18(21)22(28)26-15-6-16-11-30-12-17(7-15)27(16)10-13-2-4-14(24)5-3-13/h2-5,8-9,15-17H,6-7,10-12,25H2,1H3,(H,26,28). The summed E-state index contributed by atoms with van der Waals surface area (Å²) < 4.78 is 24.3. The number of carbonyl (C=O) groups is 1. The average molecular weight is 434 g/mol. The maximum Gasteiger partial charge on any atom is 0.255 e. The first-order valence-corrected chi connectivity index (χ1v) is 10.3. The van der Waals surface area contributed by atoms with E-state index in [-0.39, 0.29) is 29.8 Å². The first-order valence-electron chi connectivity index (χ1n) is 9.96. The lowest BCUT2D eigenvalue weighted by Gasteiger charge is -2.48. The van der Waals surface area contributed by atoms with E-state index in [9.17, 15) is 9.18 Å². The smallest absolute Gasteiger partial charge is 0.255 e. The number of benzene rings is 2. The molecule has 2 aliphatic rings. The fourth-order valence-electron chi connectivity index (χ4n) is 4.34. The fourth-order valence-corrected chi connectivity index (χ4v) is 4.51. The van der Waals surface area contributed by atoms with Crippen molar-refractivity contribution in [3.8, 4) is 5.75 Å². The number of carbonyl (C=O) groups excluding carboxylic acids is 1. The first-order chi connectivity index (χ1) is 14.4. The number of anilines is 1. The summed E-state index contributed by atoms with van der Waals surface area (Å²) >= 11 is 6.11. The summed E-state index contributed by atoms with van der Waals surface area (Å²) in [5.74, 6) is -0.0710. The van der Waals surface area contributed by atoms with E-state index in [0.717, 1.165) is 24.9 Å². The molecule has 30 heavy (non-hydrogen) atoms. The van der Waals surface area contributed by atoms with Crippen molar-refractivity contribution in [2.75, 3.05) is 26.1 Å². The van der Waals surface area contributed by atoms with Crippen molar-refractivity contribution in [1.29, 1.82) is 0 Å². The molecule has 2 aromatic carbocycles. The third kappa shape index (κ3) is 4.38. The number of nitrogens with two attached hydrogens (primary N) is 1. The number of piperidine rings is 1. The highest BCUT2D eigenvalue weighted by molar-refractivity contribution is 6.33. The summed E-state index contributed by atoms with van der Waals surface area (Å²) in [7, 11) is 1.50. The van der Waals surface area contributed by atoms with Gasteiger partial charge in [0.1, 0.15) is 11.6 Å². The van der Waals surface area contributed by atoms with E-state index in [4.69, 9.17) is 26.8 Å². The molecular formula is C22H25ClFN3O3. The second-order valence-electron chi connectivity index (χ2n) is 7.86. The fraction of sp³-hybridized carbons (Fsp3) is 0.409. The lowest BCUT2D eigenvalue weighted by molar-refractivity contribution is -0.0843. The molecule has 2 unspecified atom stereocenters. The summed E-state index contributed by atoms with van der Waals surface area (Å²) in [6.07, 6.45) is 1.54. The SMILES string of the molecule is COc1cc(N)c(Cl)cc1C(=O)NC1CC2COCC(C1)N2Cc1ccc(F)cc1. The number of morpholine rings is 1.